The number of aromatic nitrogens is 5. The third-order valence-electron chi connectivity index (χ3n) is 5.22. The number of carbonyl (C=O) groups is 1. The summed E-state index contributed by atoms with van der Waals surface area (Å²) in [5.41, 5.74) is 5.93. The van der Waals surface area contributed by atoms with E-state index in [-0.39, 0.29) is 11.9 Å². The molecule has 0 saturated carbocycles. The van der Waals surface area contributed by atoms with Crippen molar-refractivity contribution in [1.29, 1.82) is 0 Å². The summed E-state index contributed by atoms with van der Waals surface area (Å²) in [5.74, 6) is -0.181. The molecule has 1 aromatic carbocycles. The molecule has 1 amide bonds. The fourth-order valence-corrected chi connectivity index (χ4v) is 3.55. The van der Waals surface area contributed by atoms with Gasteiger partial charge in [-0.2, -0.15) is 5.10 Å². The van der Waals surface area contributed by atoms with Crippen LogP contribution in [-0.4, -0.2) is 30.6 Å². The summed E-state index contributed by atoms with van der Waals surface area (Å²) < 4.78 is 1.96. The van der Waals surface area contributed by atoms with Crippen LogP contribution in [0, 0.1) is 6.92 Å². The minimum absolute atomic E-state index is 0.181. The van der Waals surface area contributed by atoms with Gasteiger partial charge in [0.1, 0.15) is 0 Å². The fourth-order valence-electron chi connectivity index (χ4n) is 3.55. The van der Waals surface area contributed by atoms with Crippen molar-refractivity contribution in [1.82, 2.24) is 30.0 Å². The number of amides is 1. The molecule has 4 rings (SSSR count). The van der Waals surface area contributed by atoms with Crippen LogP contribution in [-0.2, 0) is 6.54 Å². The number of nitrogens with one attached hydrogen (secondary N) is 1. The zero-order chi connectivity index (χ0) is 22.5. The molecule has 32 heavy (non-hydrogen) atoms. The summed E-state index contributed by atoms with van der Waals surface area (Å²) in [6.45, 7) is 6.82. The maximum atomic E-state index is 13.2. The van der Waals surface area contributed by atoms with E-state index < -0.39 is 0 Å². The van der Waals surface area contributed by atoms with Gasteiger partial charge in [0.2, 0.25) is 0 Å². The molecule has 0 saturated heterocycles. The summed E-state index contributed by atoms with van der Waals surface area (Å²) >= 11 is 0. The summed E-state index contributed by atoms with van der Waals surface area (Å²) in [4.78, 5) is 26.1. The second-order valence-electron chi connectivity index (χ2n) is 7.78. The molecule has 0 spiro atoms. The first kappa shape index (κ1) is 21.4. The van der Waals surface area contributed by atoms with E-state index in [9.17, 15) is 4.79 Å². The predicted molar refractivity (Wildman–Crippen MR) is 124 cm³/mol. The van der Waals surface area contributed by atoms with Gasteiger partial charge in [0.25, 0.3) is 5.91 Å². The minimum Gasteiger partial charge on any atom is -0.344 e. The van der Waals surface area contributed by atoms with Crippen LogP contribution in [0.3, 0.4) is 0 Å². The van der Waals surface area contributed by atoms with E-state index in [2.05, 4.69) is 38.4 Å². The van der Waals surface area contributed by atoms with Crippen molar-refractivity contribution < 1.29 is 4.79 Å². The standard InChI is InChI=1S/C25H26N6O/c1-4-11-31-24(7-8-29-31)20-12-19(22-6-5-17(2)15-28-22)13-21(14-20)25(32)30-18(3)23-16-26-9-10-27-23/h5-10,12-16,18H,4,11H2,1-3H3,(H,30,32). The first-order chi connectivity index (χ1) is 15.5. The van der Waals surface area contributed by atoms with Gasteiger partial charge >= 0.3 is 0 Å². The number of nitrogens with zero attached hydrogens (tertiary/aromatic N) is 5. The van der Waals surface area contributed by atoms with E-state index >= 15 is 0 Å². The molecule has 1 unspecified atom stereocenters. The highest BCUT2D eigenvalue weighted by atomic mass is 16.1. The molecule has 3 heterocycles. The van der Waals surface area contributed by atoms with E-state index in [0.29, 0.717) is 11.3 Å². The molecule has 7 nitrogen and oxygen atoms in total. The Labute approximate surface area is 187 Å². The van der Waals surface area contributed by atoms with Crippen LogP contribution in [0.25, 0.3) is 22.5 Å². The van der Waals surface area contributed by atoms with Crippen molar-refractivity contribution >= 4 is 5.91 Å². The molecular formula is C25H26N6O. The van der Waals surface area contributed by atoms with Gasteiger partial charge in [0.15, 0.2) is 0 Å². The lowest BCUT2D eigenvalue weighted by molar-refractivity contribution is 0.0939. The summed E-state index contributed by atoms with van der Waals surface area (Å²) in [5, 5.41) is 7.47. The Kier molecular flexibility index (Phi) is 6.35. The molecule has 7 heteroatoms. The molecule has 0 aliphatic heterocycles. The van der Waals surface area contributed by atoms with Crippen LogP contribution >= 0.6 is 0 Å². The lowest BCUT2D eigenvalue weighted by Gasteiger charge is -2.15. The lowest BCUT2D eigenvalue weighted by atomic mass is 10.00. The van der Waals surface area contributed by atoms with E-state index in [4.69, 9.17) is 0 Å². The second-order valence-corrected chi connectivity index (χ2v) is 7.78. The Morgan fingerprint density at radius 3 is 2.59 bits per heavy atom. The predicted octanol–water partition coefficient (Wildman–Crippen LogP) is 4.61. The van der Waals surface area contributed by atoms with Crippen molar-refractivity contribution in [3.8, 4) is 22.5 Å². The van der Waals surface area contributed by atoms with Gasteiger partial charge in [-0.15, -0.1) is 0 Å². The van der Waals surface area contributed by atoms with E-state index in [1.54, 1.807) is 24.8 Å². The van der Waals surface area contributed by atoms with Crippen LogP contribution in [0.5, 0.6) is 0 Å². The normalized spacial score (nSPS) is 11.8. The molecule has 3 aromatic heterocycles. The number of rotatable bonds is 7. The molecule has 4 aromatic rings. The van der Waals surface area contributed by atoms with Gasteiger partial charge in [0.05, 0.1) is 29.3 Å². The van der Waals surface area contributed by atoms with Gasteiger partial charge in [-0.25, -0.2) is 0 Å². The highest BCUT2D eigenvalue weighted by Gasteiger charge is 2.17. The maximum Gasteiger partial charge on any atom is 0.251 e. The zero-order valence-corrected chi connectivity index (χ0v) is 18.5. The molecule has 162 valence electrons. The minimum atomic E-state index is -0.272. The van der Waals surface area contributed by atoms with Gasteiger partial charge in [-0.3, -0.25) is 24.4 Å². The Morgan fingerprint density at radius 2 is 1.88 bits per heavy atom. The van der Waals surface area contributed by atoms with Crippen molar-refractivity contribution in [3.63, 3.8) is 0 Å². The SMILES string of the molecule is CCCn1nccc1-c1cc(C(=O)NC(C)c2cnccn2)cc(-c2ccc(C)cn2)c1. The van der Waals surface area contributed by atoms with Crippen molar-refractivity contribution in [2.24, 2.45) is 0 Å². The Hall–Kier alpha value is -3.87. The Bertz CT molecular complexity index is 1200. The number of carbonyl (C=O) groups excluding carboxylic acids is 1. The van der Waals surface area contributed by atoms with Crippen LogP contribution in [0.2, 0.25) is 0 Å². The monoisotopic (exact) mass is 426 g/mol. The first-order valence-corrected chi connectivity index (χ1v) is 10.7. The quantitative estimate of drug-likeness (QED) is 0.466. The van der Waals surface area contributed by atoms with E-state index in [1.165, 1.54) is 0 Å². The van der Waals surface area contributed by atoms with Crippen LogP contribution < -0.4 is 5.32 Å². The van der Waals surface area contributed by atoms with Gasteiger partial charge in [-0.05, 0) is 56.2 Å². The first-order valence-electron chi connectivity index (χ1n) is 10.7. The van der Waals surface area contributed by atoms with Crippen LogP contribution in [0.4, 0.5) is 0 Å². The highest BCUT2D eigenvalue weighted by molar-refractivity contribution is 5.97. The number of pyridine rings is 1. The maximum absolute atomic E-state index is 13.2. The fraction of sp³-hybridized carbons (Fsp3) is 0.240. The summed E-state index contributed by atoms with van der Waals surface area (Å²) in [6.07, 6.45) is 9.48. The van der Waals surface area contributed by atoms with Gasteiger partial charge < -0.3 is 5.32 Å². The average Bonchev–Trinajstić information content (AvgIpc) is 3.28. The average molecular weight is 427 g/mol. The number of benzene rings is 1. The number of hydrogen-bond donors (Lipinski definition) is 1. The van der Waals surface area contributed by atoms with Crippen molar-refractivity contribution in [2.45, 2.75) is 39.8 Å². The molecule has 0 aliphatic carbocycles. The van der Waals surface area contributed by atoms with Crippen LogP contribution in [0.1, 0.15) is 47.9 Å². The third-order valence-corrected chi connectivity index (χ3v) is 5.22. The molecule has 0 bridgehead atoms. The van der Waals surface area contributed by atoms with Crippen molar-refractivity contribution in [2.75, 3.05) is 0 Å². The number of aryl methyl sites for hydroxylation is 2. The molecule has 0 aliphatic rings. The molecule has 1 atom stereocenters. The molecule has 0 radical (unpaired) electrons. The van der Waals surface area contributed by atoms with E-state index in [1.807, 2.05) is 55.1 Å². The molecule has 1 N–H and O–H groups in total. The lowest BCUT2D eigenvalue weighted by Crippen LogP contribution is -2.27. The van der Waals surface area contributed by atoms with Crippen LogP contribution in [0.15, 0.2) is 67.4 Å². The summed E-state index contributed by atoms with van der Waals surface area (Å²) in [7, 11) is 0. The van der Waals surface area contributed by atoms with Crippen molar-refractivity contribution in [3.05, 3.63) is 84.2 Å². The molecule has 0 fully saturated rings. The highest BCUT2D eigenvalue weighted by Crippen LogP contribution is 2.28. The smallest absolute Gasteiger partial charge is 0.251 e. The Morgan fingerprint density at radius 1 is 1.03 bits per heavy atom. The zero-order valence-electron chi connectivity index (χ0n) is 18.5. The second kappa shape index (κ2) is 9.51. The van der Waals surface area contributed by atoms with E-state index in [0.717, 1.165) is 41.0 Å². The Balaban J connectivity index is 1.73. The topological polar surface area (TPSA) is 85.6 Å². The number of hydrogen-bond acceptors (Lipinski definition) is 5. The largest absolute Gasteiger partial charge is 0.344 e. The molecular weight excluding hydrogens is 400 g/mol. The third kappa shape index (κ3) is 4.72. The summed E-state index contributed by atoms with van der Waals surface area (Å²) in [6, 6.07) is 11.5. The van der Waals surface area contributed by atoms with Gasteiger partial charge in [-0.1, -0.05) is 13.0 Å². The van der Waals surface area contributed by atoms with Gasteiger partial charge in [0, 0.05) is 48.0 Å².